The van der Waals surface area contributed by atoms with E-state index in [4.69, 9.17) is 4.74 Å². The van der Waals surface area contributed by atoms with Crippen LogP contribution in [0.2, 0.25) is 0 Å². The van der Waals surface area contributed by atoms with Crippen LogP contribution < -0.4 is 9.47 Å². The maximum Gasteiger partial charge on any atom is 0.573 e. The normalized spacial score (nSPS) is 14.9. The van der Waals surface area contributed by atoms with Gasteiger partial charge in [-0.05, 0) is 35.4 Å². The quantitative estimate of drug-likeness (QED) is 0.698. The number of benzene rings is 2. The van der Waals surface area contributed by atoms with Gasteiger partial charge >= 0.3 is 12.5 Å². The van der Waals surface area contributed by atoms with Crippen molar-refractivity contribution in [3.8, 4) is 22.6 Å². The van der Waals surface area contributed by atoms with Crippen LogP contribution in [0.5, 0.6) is 11.5 Å². The molecule has 1 aliphatic heterocycles. The molecule has 0 bridgehead atoms. The van der Waals surface area contributed by atoms with Crippen LogP contribution in [-0.2, 0) is 0 Å². The number of carbonyl (C=O) groups excluding carboxylic acids is 1. The molecule has 0 unspecified atom stereocenters. The van der Waals surface area contributed by atoms with E-state index in [1.165, 1.54) is 24.3 Å². The number of amides is 1. The molecule has 1 aliphatic rings. The molecule has 4 nitrogen and oxygen atoms in total. The topological polar surface area (TPSA) is 38.8 Å². The lowest BCUT2D eigenvalue weighted by atomic mass is 10.0. The summed E-state index contributed by atoms with van der Waals surface area (Å²) in [6.07, 6.45) is -9.37. The molecule has 0 aromatic heterocycles. The minimum absolute atomic E-state index is 0.0464. The first-order chi connectivity index (χ1) is 13.0. The van der Waals surface area contributed by atoms with E-state index >= 15 is 0 Å². The number of hydrogen-bond donors (Lipinski definition) is 0. The van der Waals surface area contributed by atoms with Crippen molar-refractivity contribution < 1.29 is 40.6 Å². The van der Waals surface area contributed by atoms with Crippen LogP contribution in [0.1, 0.15) is 10.4 Å². The summed E-state index contributed by atoms with van der Waals surface area (Å²) in [6, 6.07) is 9.25. The minimum Gasteiger partial charge on any atom is -0.491 e. The zero-order chi connectivity index (χ0) is 20.5. The third kappa shape index (κ3) is 4.87. The van der Waals surface area contributed by atoms with Gasteiger partial charge in [0.05, 0.1) is 12.1 Å². The van der Waals surface area contributed by atoms with Crippen LogP contribution >= 0.6 is 0 Å². The molecule has 0 aliphatic carbocycles. The van der Waals surface area contributed by atoms with Crippen molar-refractivity contribution >= 4 is 5.91 Å². The lowest BCUT2D eigenvalue weighted by Gasteiger charge is -2.21. The second-order valence-electron chi connectivity index (χ2n) is 5.97. The van der Waals surface area contributed by atoms with Gasteiger partial charge in [-0.1, -0.05) is 18.2 Å². The third-order valence-corrected chi connectivity index (χ3v) is 3.91. The second-order valence-corrected chi connectivity index (χ2v) is 5.97. The number of halogens is 6. The molecule has 0 radical (unpaired) electrons. The average Bonchev–Trinajstić information content (AvgIpc) is 2.72. The molecular formula is C18H13F6NO3. The molecule has 0 spiro atoms. The van der Waals surface area contributed by atoms with E-state index in [1.807, 2.05) is 0 Å². The molecule has 1 heterocycles. The van der Waals surface area contributed by atoms with E-state index in [2.05, 4.69) is 4.74 Å². The number of ether oxygens (including phenoxy) is 2. The summed E-state index contributed by atoms with van der Waals surface area (Å²) in [6.45, 7) is -1.70. The number of rotatable bonds is 3. The van der Waals surface area contributed by atoms with Gasteiger partial charge in [0, 0.05) is 0 Å². The molecule has 0 fully saturated rings. The lowest BCUT2D eigenvalue weighted by molar-refractivity contribution is -0.274. The van der Waals surface area contributed by atoms with Gasteiger partial charge in [0.1, 0.15) is 24.7 Å². The summed E-state index contributed by atoms with van der Waals surface area (Å²) < 4.78 is 83.9. The monoisotopic (exact) mass is 405 g/mol. The van der Waals surface area contributed by atoms with Crippen LogP contribution in [0.25, 0.3) is 11.1 Å². The molecule has 10 heteroatoms. The molecule has 0 N–H and O–H groups in total. The van der Waals surface area contributed by atoms with Gasteiger partial charge in [-0.2, -0.15) is 13.2 Å². The summed E-state index contributed by atoms with van der Waals surface area (Å²) in [5.74, 6) is -1.10. The number of hydrogen-bond acceptors (Lipinski definition) is 3. The Morgan fingerprint density at radius 1 is 0.964 bits per heavy atom. The van der Waals surface area contributed by atoms with E-state index in [9.17, 15) is 31.1 Å². The van der Waals surface area contributed by atoms with Crippen LogP contribution in [0.4, 0.5) is 26.3 Å². The molecule has 1 amide bonds. The number of carbonyl (C=O) groups is 1. The minimum atomic E-state index is -4.82. The molecule has 28 heavy (non-hydrogen) atoms. The van der Waals surface area contributed by atoms with Crippen molar-refractivity contribution in [1.82, 2.24) is 4.90 Å². The van der Waals surface area contributed by atoms with Gasteiger partial charge in [-0.3, -0.25) is 4.79 Å². The first-order valence-corrected chi connectivity index (χ1v) is 8.01. The smallest absolute Gasteiger partial charge is 0.491 e. The largest absolute Gasteiger partial charge is 0.573 e. The molecule has 0 saturated carbocycles. The van der Waals surface area contributed by atoms with Crippen molar-refractivity contribution in [2.75, 3.05) is 19.7 Å². The summed E-state index contributed by atoms with van der Waals surface area (Å²) in [4.78, 5) is 13.2. The number of alkyl halides is 6. The predicted octanol–water partition coefficient (Wildman–Crippen LogP) is 4.65. The van der Waals surface area contributed by atoms with E-state index in [1.54, 1.807) is 6.07 Å². The Kier molecular flexibility index (Phi) is 5.14. The van der Waals surface area contributed by atoms with Gasteiger partial charge in [-0.25, -0.2) is 0 Å². The van der Waals surface area contributed by atoms with Crippen molar-refractivity contribution in [1.29, 1.82) is 0 Å². The lowest BCUT2D eigenvalue weighted by Crippen LogP contribution is -2.39. The first kappa shape index (κ1) is 19.8. The molecule has 0 atom stereocenters. The zero-order valence-corrected chi connectivity index (χ0v) is 14.1. The summed E-state index contributed by atoms with van der Waals surface area (Å²) >= 11 is 0. The van der Waals surface area contributed by atoms with Crippen molar-refractivity contribution in [3.63, 3.8) is 0 Å². The zero-order valence-electron chi connectivity index (χ0n) is 14.1. The number of nitrogens with zero attached hydrogens (tertiary/aromatic N) is 1. The first-order valence-electron chi connectivity index (χ1n) is 8.01. The summed E-state index contributed by atoms with van der Waals surface area (Å²) in [5.41, 5.74) is 0.842. The van der Waals surface area contributed by atoms with Crippen molar-refractivity contribution in [2.24, 2.45) is 0 Å². The van der Waals surface area contributed by atoms with Gasteiger partial charge in [0.25, 0.3) is 5.91 Å². The van der Waals surface area contributed by atoms with Crippen LogP contribution in [0, 0.1) is 0 Å². The van der Waals surface area contributed by atoms with Gasteiger partial charge in [0.15, 0.2) is 0 Å². The highest BCUT2D eigenvalue weighted by molar-refractivity contribution is 5.98. The maximum atomic E-state index is 12.7. The fourth-order valence-electron chi connectivity index (χ4n) is 2.76. The van der Waals surface area contributed by atoms with E-state index < -0.39 is 30.7 Å². The van der Waals surface area contributed by atoms with Crippen molar-refractivity contribution in [2.45, 2.75) is 12.5 Å². The van der Waals surface area contributed by atoms with Crippen molar-refractivity contribution in [3.05, 3.63) is 48.0 Å². The Labute approximate surface area is 155 Å². The summed E-state index contributed by atoms with van der Waals surface area (Å²) in [5, 5.41) is 0. The Hall–Kier alpha value is -2.91. The van der Waals surface area contributed by atoms with Crippen LogP contribution in [0.3, 0.4) is 0 Å². The molecule has 0 saturated heterocycles. The average molecular weight is 405 g/mol. The van der Waals surface area contributed by atoms with E-state index in [0.717, 1.165) is 12.1 Å². The standard InChI is InChI=1S/C18H13F6NO3/c19-17(20,21)10-25-7-8-27-15-6-3-12(9-14(15)16(25)26)11-1-4-13(5-2-11)28-18(22,23)24/h1-6,9H,7-8,10H2. The molecular weight excluding hydrogens is 392 g/mol. The van der Waals surface area contributed by atoms with Crippen LogP contribution in [-0.4, -0.2) is 43.0 Å². The fraction of sp³-hybridized carbons (Fsp3) is 0.278. The number of fused-ring (bicyclic) bond motifs is 1. The second kappa shape index (κ2) is 7.25. The van der Waals surface area contributed by atoms with E-state index in [0.29, 0.717) is 16.0 Å². The SMILES string of the molecule is O=C1c2cc(-c3ccc(OC(F)(F)F)cc3)ccc2OCCN1CC(F)(F)F. The molecule has 2 aromatic carbocycles. The molecule has 150 valence electrons. The third-order valence-electron chi connectivity index (χ3n) is 3.91. The van der Waals surface area contributed by atoms with Gasteiger partial charge < -0.3 is 14.4 Å². The molecule has 3 rings (SSSR count). The Balaban J connectivity index is 1.88. The highest BCUT2D eigenvalue weighted by Gasteiger charge is 2.35. The highest BCUT2D eigenvalue weighted by atomic mass is 19.4. The predicted molar refractivity (Wildman–Crippen MR) is 86.0 cm³/mol. The highest BCUT2D eigenvalue weighted by Crippen LogP contribution is 2.32. The Morgan fingerprint density at radius 3 is 2.21 bits per heavy atom. The van der Waals surface area contributed by atoms with Crippen LogP contribution in [0.15, 0.2) is 42.5 Å². The molecule has 2 aromatic rings. The van der Waals surface area contributed by atoms with Gasteiger partial charge in [0.2, 0.25) is 0 Å². The summed E-state index contributed by atoms with van der Waals surface area (Å²) in [7, 11) is 0. The fourth-order valence-corrected chi connectivity index (χ4v) is 2.76. The Morgan fingerprint density at radius 2 is 1.61 bits per heavy atom. The van der Waals surface area contributed by atoms with Gasteiger partial charge in [-0.15, -0.1) is 13.2 Å². The van der Waals surface area contributed by atoms with E-state index in [-0.39, 0.29) is 24.5 Å². The Bertz CT molecular complexity index is 861. The maximum absolute atomic E-state index is 12.7.